The number of nitrogens with zero attached hydrogens (tertiary/aromatic N) is 1. The first-order valence-electron chi connectivity index (χ1n) is 6.19. The van der Waals surface area contributed by atoms with Crippen LogP contribution in [-0.4, -0.2) is 10.7 Å². The van der Waals surface area contributed by atoms with E-state index in [-0.39, 0.29) is 0 Å². The van der Waals surface area contributed by atoms with Crippen molar-refractivity contribution in [1.82, 2.24) is 4.98 Å². The minimum Gasteiger partial charge on any atom is -0.397 e. The van der Waals surface area contributed by atoms with Crippen molar-refractivity contribution in [1.29, 1.82) is 0 Å². The van der Waals surface area contributed by atoms with Gasteiger partial charge in [0.25, 0.3) is 0 Å². The van der Waals surface area contributed by atoms with Gasteiger partial charge in [0.1, 0.15) is 0 Å². The van der Waals surface area contributed by atoms with Crippen molar-refractivity contribution in [3.63, 3.8) is 0 Å². The van der Waals surface area contributed by atoms with Crippen LogP contribution in [-0.2, 0) is 0 Å². The predicted octanol–water partition coefficient (Wildman–Crippen LogP) is 4.86. The lowest BCUT2D eigenvalue weighted by Crippen LogP contribution is -1.93. The lowest BCUT2D eigenvalue weighted by Gasteiger charge is -2.09. The lowest BCUT2D eigenvalue weighted by molar-refractivity contribution is 0.779. The molecule has 0 bridgehead atoms. The van der Waals surface area contributed by atoms with E-state index < -0.39 is 0 Å². The molecule has 0 radical (unpaired) electrons. The lowest BCUT2D eigenvalue weighted by atomic mass is 10.2. The van der Waals surface area contributed by atoms with Crippen LogP contribution in [0.2, 0.25) is 0 Å². The largest absolute Gasteiger partial charge is 0.397 e. The summed E-state index contributed by atoms with van der Waals surface area (Å²) in [7, 11) is 0. The predicted molar refractivity (Wildman–Crippen MR) is 84.1 cm³/mol. The van der Waals surface area contributed by atoms with Crippen molar-refractivity contribution in [2.75, 3.05) is 11.5 Å². The standard InChI is InChI=1S/C14H17BrN2S/c1-2-3-4-7-18-14-11-8-10(15)5-6-13(11)17-9-12(14)16/h5-6,8-9H,2-4,7,16H2,1H3. The molecule has 0 fully saturated rings. The van der Waals surface area contributed by atoms with Crippen molar-refractivity contribution in [2.24, 2.45) is 0 Å². The number of benzene rings is 1. The van der Waals surface area contributed by atoms with Crippen LogP contribution in [0.4, 0.5) is 5.69 Å². The molecule has 1 aromatic heterocycles. The number of hydrogen-bond acceptors (Lipinski definition) is 3. The van der Waals surface area contributed by atoms with E-state index >= 15 is 0 Å². The van der Waals surface area contributed by atoms with Gasteiger partial charge < -0.3 is 5.73 Å². The summed E-state index contributed by atoms with van der Waals surface area (Å²) in [6.45, 7) is 2.22. The molecule has 2 N–H and O–H groups in total. The first-order chi connectivity index (χ1) is 8.72. The third-order valence-electron chi connectivity index (χ3n) is 2.80. The molecular formula is C14H17BrN2S. The fourth-order valence-electron chi connectivity index (χ4n) is 1.84. The minimum atomic E-state index is 0.780. The molecule has 1 heterocycles. The van der Waals surface area contributed by atoms with Gasteiger partial charge in [-0.1, -0.05) is 35.7 Å². The van der Waals surface area contributed by atoms with E-state index in [1.165, 1.54) is 19.3 Å². The number of thioether (sulfide) groups is 1. The Bertz CT molecular complexity index is 537. The number of halogens is 1. The maximum absolute atomic E-state index is 6.05. The molecule has 4 heteroatoms. The van der Waals surface area contributed by atoms with Crippen LogP contribution < -0.4 is 5.73 Å². The van der Waals surface area contributed by atoms with Crippen molar-refractivity contribution in [3.8, 4) is 0 Å². The number of anilines is 1. The molecule has 0 saturated heterocycles. The molecule has 0 saturated carbocycles. The number of aromatic nitrogens is 1. The number of pyridine rings is 1. The molecule has 0 aliphatic rings. The molecule has 0 aliphatic carbocycles. The summed E-state index contributed by atoms with van der Waals surface area (Å²) in [5, 5.41) is 1.14. The van der Waals surface area contributed by atoms with Gasteiger partial charge in [0.2, 0.25) is 0 Å². The molecule has 96 valence electrons. The normalized spacial score (nSPS) is 11.0. The zero-order valence-corrected chi connectivity index (χ0v) is 12.9. The number of hydrogen-bond donors (Lipinski definition) is 1. The van der Waals surface area contributed by atoms with Gasteiger partial charge >= 0.3 is 0 Å². The Morgan fingerprint density at radius 2 is 2.17 bits per heavy atom. The zero-order chi connectivity index (χ0) is 13.0. The van der Waals surface area contributed by atoms with E-state index in [9.17, 15) is 0 Å². The summed E-state index contributed by atoms with van der Waals surface area (Å²) in [6, 6.07) is 6.13. The SMILES string of the molecule is CCCCCSc1c(N)cnc2ccc(Br)cc12. The highest BCUT2D eigenvalue weighted by Crippen LogP contribution is 2.34. The number of fused-ring (bicyclic) bond motifs is 1. The Balaban J connectivity index is 2.29. The number of rotatable bonds is 5. The highest BCUT2D eigenvalue weighted by molar-refractivity contribution is 9.10. The van der Waals surface area contributed by atoms with Crippen LogP contribution in [0.25, 0.3) is 10.9 Å². The number of unbranched alkanes of at least 4 members (excludes halogenated alkanes) is 2. The van der Waals surface area contributed by atoms with E-state index in [0.29, 0.717) is 0 Å². The summed E-state index contributed by atoms with van der Waals surface area (Å²) in [4.78, 5) is 5.53. The molecule has 0 unspecified atom stereocenters. The van der Waals surface area contributed by atoms with E-state index in [4.69, 9.17) is 5.73 Å². The quantitative estimate of drug-likeness (QED) is 0.630. The Labute approximate surface area is 120 Å². The van der Waals surface area contributed by atoms with Crippen molar-refractivity contribution < 1.29 is 0 Å². The Hall–Kier alpha value is -0.740. The highest BCUT2D eigenvalue weighted by atomic mass is 79.9. The van der Waals surface area contributed by atoms with Crippen molar-refractivity contribution in [2.45, 2.75) is 31.1 Å². The summed E-state index contributed by atoms with van der Waals surface area (Å²) in [5.41, 5.74) is 7.84. The molecule has 1 aromatic carbocycles. The van der Waals surface area contributed by atoms with E-state index in [0.717, 1.165) is 31.7 Å². The summed E-state index contributed by atoms with van der Waals surface area (Å²) >= 11 is 5.35. The van der Waals surface area contributed by atoms with Gasteiger partial charge in [-0.3, -0.25) is 4.98 Å². The number of nitrogens with two attached hydrogens (primary N) is 1. The van der Waals surface area contributed by atoms with Crippen LogP contribution >= 0.6 is 27.7 Å². The van der Waals surface area contributed by atoms with Crippen LogP contribution in [0, 0.1) is 0 Å². The monoisotopic (exact) mass is 324 g/mol. The van der Waals surface area contributed by atoms with Gasteiger partial charge in [0.05, 0.1) is 17.4 Å². The average Bonchev–Trinajstić information content (AvgIpc) is 2.36. The topological polar surface area (TPSA) is 38.9 Å². The van der Waals surface area contributed by atoms with E-state index in [1.54, 1.807) is 6.20 Å². The summed E-state index contributed by atoms with van der Waals surface area (Å²) < 4.78 is 1.07. The Morgan fingerprint density at radius 3 is 2.94 bits per heavy atom. The molecule has 2 rings (SSSR count). The molecule has 0 amide bonds. The fraction of sp³-hybridized carbons (Fsp3) is 0.357. The van der Waals surface area contributed by atoms with E-state index in [1.807, 2.05) is 23.9 Å². The van der Waals surface area contributed by atoms with Gasteiger partial charge in [-0.2, -0.15) is 0 Å². The molecule has 2 nitrogen and oxygen atoms in total. The maximum Gasteiger partial charge on any atom is 0.0715 e. The van der Waals surface area contributed by atoms with Gasteiger partial charge in [0, 0.05) is 14.8 Å². The van der Waals surface area contributed by atoms with Gasteiger partial charge in [0.15, 0.2) is 0 Å². The number of nitrogen functional groups attached to an aromatic ring is 1. The summed E-state index contributed by atoms with van der Waals surface area (Å²) in [5.74, 6) is 1.11. The Kier molecular flexibility index (Phi) is 4.89. The smallest absolute Gasteiger partial charge is 0.0715 e. The summed E-state index contributed by atoms with van der Waals surface area (Å²) in [6.07, 6.45) is 5.52. The minimum absolute atomic E-state index is 0.780. The molecular weight excluding hydrogens is 308 g/mol. The van der Waals surface area contributed by atoms with Gasteiger partial charge in [-0.05, 0) is 30.4 Å². The van der Waals surface area contributed by atoms with Crippen molar-refractivity contribution >= 4 is 44.3 Å². The third kappa shape index (κ3) is 3.18. The van der Waals surface area contributed by atoms with Crippen LogP contribution in [0.15, 0.2) is 33.8 Å². The molecule has 0 atom stereocenters. The highest BCUT2D eigenvalue weighted by Gasteiger charge is 2.07. The van der Waals surface area contributed by atoms with E-state index in [2.05, 4.69) is 33.9 Å². The second kappa shape index (κ2) is 6.43. The molecule has 0 spiro atoms. The second-order valence-corrected chi connectivity index (χ2v) is 6.28. The van der Waals surface area contributed by atoms with Gasteiger partial charge in [-0.25, -0.2) is 0 Å². The molecule has 2 aromatic rings. The van der Waals surface area contributed by atoms with Crippen LogP contribution in [0.1, 0.15) is 26.2 Å². The first-order valence-corrected chi connectivity index (χ1v) is 7.96. The van der Waals surface area contributed by atoms with Gasteiger partial charge in [-0.15, -0.1) is 11.8 Å². The third-order valence-corrected chi connectivity index (χ3v) is 4.53. The maximum atomic E-state index is 6.05. The zero-order valence-electron chi connectivity index (χ0n) is 10.4. The van der Waals surface area contributed by atoms with Crippen LogP contribution in [0.3, 0.4) is 0 Å². The molecule has 0 aliphatic heterocycles. The fourth-order valence-corrected chi connectivity index (χ4v) is 3.30. The molecule has 18 heavy (non-hydrogen) atoms. The Morgan fingerprint density at radius 1 is 1.33 bits per heavy atom. The van der Waals surface area contributed by atoms with Crippen LogP contribution in [0.5, 0.6) is 0 Å². The average molecular weight is 325 g/mol. The van der Waals surface area contributed by atoms with Crippen molar-refractivity contribution in [3.05, 3.63) is 28.9 Å². The first kappa shape index (κ1) is 13.7. The second-order valence-electron chi connectivity index (χ2n) is 4.26.